The van der Waals surface area contributed by atoms with Crippen LogP contribution in [0.3, 0.4) is 0 Å². The largest absolute Gasteiger partial charge is 0.507 e. The Hall–Kier alpha value is -3.57. The van der Waals surface area contributed by atoms with Crippen molar-refractivity contribution in [2.24, 2.45) is 0 Å². The zero-order valence-corrected chi connectivity index (χ0v) is 25.8. The van der Waals surface area contributed by atoms with Crippen molar-refractivity contribution in [3.63, 3.8) is 0 Å². The Morgan fingerprint density at radius 2 is 1.80 bits per heavy atom. The number of benzene rings is 2. The van der Waals surface area contributed by atoms with Crippen LogP contribution in [-0.4, -0.2) is 87.7 Å². The number of aliphatic carboxylic acids is 1. The summed E-state index contributed by atoms with van der Waals surface area (Å²) in [6.07, 6.45) is -3.63. The van der Waals surface area contributed by atoms with Crippen LogP contribution >= 0.6 is 22.9 Å². The number of carbonyl (C=O) groups is 2. The van der Waals surface area contributed by atoms with E-state index in [2.05, 4.69) is 9.62 Å². The average Bonchev–Trinajstić information content (AvgIpc) is 3.62. The number of nitrogens with one attached hydrogen (secondary N) is 1. The molecule has 2 aliphatic rings. The summed E-state index contributed by atoms with van der Waals surface area (Å²) >= 11 is 7.35. The minimum absolute atomic E-state index is 0.0255. The number of aromatic hydroxyl groups is 1. The number of rotatable bonds is 9. The summed E-state index contributed by atoms with van der Waals surface area (Å²) in [5.74, 6) is -2.98. The number of carboxylic acid groups (broad SMARTS) is 1. The van der Waals surface area contributed by atoms with Gasteiger partial charge in [0.1, 0.15) is 25.6 Å². The number of phenols is 1. The Morgan fingerprint density at radius 3 is 2.47 bits per heavy atom. The van der Waals surface area contributed by atoms with Crippen molar-refractivity contribution in [3.05, 3.63) is 57.9 Å². The van der Waals surface area contributed by atoms with Crippen LogP contribution in [0.15, 0.2) is 46.7 Å². The average molecular weight is 693 g/mol. The van der Waals surface area contributed by atoms with E-state index in [0.29, 0.717) is 36.1 Å². The third-order valence-corrected chi connectivity index (χ3v) is 9.81. The zero-order chi connectivity index (χ0) is 32.8. The highest BCUT2D eigenvalue weighted by Gasteiger charge is 2.38. The highest BCUT2D eigenvalue weighted by atomic mass is 35.5. The van der Waals surface area contributed by atoms with Gasteiger partial charge in [-0.05, 0) is 47.9 Å². The Kier molecular flexibility index (Phi) is 11.2. The van der Waals surface area contributed by atoms with E-state index in [-0.39, 0.29) is 27.8 Å². The minimum Gasteiger partial charge on any atom is -0.507 e. The summed E-state index contributed by atoms with van der Waals surface area (Å²) in [6.45, 7) is 4.74. The van der Waals surface area contributed by atoms with E-state index in [1.54, 1.807) is 0 Å². The van der Waals surface area contributed by atoms with E-state index in [4.69, 9.17) is 35.7 Å². The number of hydrogen-bond donors (Lipinski definition) is 3. The van der Waals surface area contributed by atoms with Gasteiger partial charge in [0.25, 0.3) is 10.0 Å². The molecule has 1 fully saturated rings. The third-order valence-electron chi connectivity index (χ3n) is 6.60. The van der Waals surface area contributed by atoms with Crippen molar-refractivity contribution < 1.29 is 55.6 Å². The smallest absolute Gasteiger partial charge is 0.490 e. The lowest BCUT2D eigenvalue weighted by Gasteiger charge is -2.26. The lowest BCUT2D eigenvalue weighted by atomic mass is 10.0. The van der Waals surface area contributed by atoms with Gasteiger partial charge >= 0.3 is 18.1 Å². The van der Waals surface area contributed by atoms with Crippen LogP contribution in [0.5, 0.6) is 11.5 Å². The normalized spacial score (nSPS) is 14.9. The number of sulfonamides is 1. The molecule has 0 unspecified atom stereocenters. The molecule has 3 heterocycles. The van der Waals surface area contributed by atoms with Crippen LogP contribution in [0.4, 0.5) is 18.9 Å². The first-order valence-electron chi connectivity index (χ1n) is 13.4. The second kappa shape index (κ2) is 14.7. The lowest BCUT2D eigenvalue weighted by molar-refractivity contribution is -0.192. The molecule has 17 heteroatoms. The molecule has 0 radical (unpaired) electrons. The minimum atomic E-state index is -5.08. The number of fused-ring (bicyclic) bond motifs is 1. The molecular weight excluding hydrogens is 665 g/mol. The fourth-order valence-corrected chi connectivity index (χ4v) is 7.17. The number of phenolic OH excluding ortho intramolecular Hbond substituents is 1. The highest BCUT2D eigenvalue weighted by molar-refractivity contribution is 7.94. The maximum absolute atomic E-state index is 13.1. The summed E-state index contributed by atoms with van der Waals surface area (Å²) < 4.78 is 76.8. The molecule has 0 aliphatic carbocycles. The van der Waals surface area contributed by atoms with E-state index < -0.39 is 28.1 Å². The van der Waals surface area contributed by atoms with Crippen molar-refractivity contribution >= 4 is 50.6 Å². The number of anilines is 1. The van der Waals surface area contributed by atoms with Crippen LogP contribution < -0.4 is 9.46 Å². The molecule has 2 aliphatic heterocycles. The molecule has 0 spiro atoms. The van der Waals surface area contributed by atoms with Crippen LogP contribution in [-0.2, 0) is 30.7 Å². The number of alkyl halides is 3. The quantitative estimate of drug-likeness (QED) is 0.206. The molecule has 0 bridgehead atoms. The van der Waals surface area contributed by atoms with Gasteiger partial charge < -0.3 is 24.4 Å². The molecule has 2 aromatic carbocycles. The van der Waals surface area contributed by atoms with Gasteiger partial charge in [-0.2, -0.15) is 13.2 Å². The first-order chi connectivity index (χ1) is 21.2. The second-order valence-electron chi connectivity index (χ2n) is 9.76. The summed E-state index contributed by atoms with van der Waals surface area (Å²) in [5.41, 5.74) is 2.54. The number of halogens is 4. The van der Waals surface area contributed by atoms with Crippen molar-refractivity contribution in [1.29, 1.82) is 0 Å². The number of ether oxygens (including phenoxy) is 3. The molecule has 11 nitrogen and oxygen atoms in total. The fraction of sp³-hybridized carbons (Fsp3) is 0.357. The van der Waals surface area contributed by atoms with E-state index in [1.807, 2.05) is 18.2 Å². The Balaban J connectivity index is 0.000000591. The van der Waals surface area contributed by atoms with E-state index in [0.717, 1.165) is 54.3 Å². The topological polar surface area (TPSA) is 152 Å². The highest BCUT2D eigenvalue weighted by Crippen LogP contribution is 2.40. The Bertz CT molecular complexity index is 1640. The van der Waals surface area contributed by atoms with E-state index in [9.17, 15) is 31.5 Å². The molecular formula is C28H28ClF3N2O9S2. The van der Waals surface area contributed by atoms with Crippen LogP contribution in [0, 0.1) is 0 Å². The molecule has 0 saturated carbocycles. The molecule has 3 N–H and O–H groups in total. The van der Waals surface area contributed by atoms with Crippen molar-refractivity contribution in [1.82, 2.24) is 4.90 Å². The first-order valence-corrected chi connectivity index (χ1v) is 16.1. The number of nitrogens with zero attached hydrogens (tertiary/aromatic N) is 1. The fourth-order valence-electron chi connectivity index (χ4n) is 4.36. The van der Waals surface area contributed by atoms with Gasteiger partial charge in [0.05, 0.1) is 32.1 Å². The molecule has 1 aromatic heterocycles. The van der Waals surface area contributed by atoms with E-state index in [1.165, 1.54) is 24.3 Å². The van der Waals surface area contributed by atoms with Gasteiger partial charge in [-0.1, -0.05) is 17.7 Å². The predicted octanol–water partition coefficient (Wildman–Crippen LogP) is 5.02. The number of morpholine rings is 1. The standard InChI is InChI=1S/C26H27ClN2O7S2.C2HF3O2/c27-25-21(17-2-5-23-18(14-17)6-11-35-23)16-24(37-25)38(32,33)28-19-3-4-20(22(30)15-19)26(31)36-10-1-7-29-8-12-34-13-9-29;3-2(4,5)1(6)7/h2-5,14-16,28,30H,1,6-13H2;(H,6,7). The van der Waals surface area contributed by atoms with Crippen LogP contribution in [0.1, 0.15) is 22.3 Å². The van der Waals surface area contributed by atoms with Gasteiger partial charge in [0.15, 0.2) is 0 Å². The van der Waals surface area contributed by atoms with Crippen molar-refractivity contribution in [3.8, 4) is 22.6 Å². The summed E-state index contributed by atoms with van der Waals surface area (Å²) in [4.78, 5) is 23.5. The summed E-state index contributed by atoms with van der Waals surface area (Å²) in [7, 11) is -3.99. The van der Waals surface area contributed by atoms with Gasteiger partial charge in [-0.15, -0.1) is 11.3 Å². The SMILES string of the molecule is O=C(O)C(F)(F)F.O=C(OCCCN1CCOCC1)c1ccc(NS(=O)(=O)c2cc(-c3ccc4c(c3)CCO4)c(Cl)s2)cc1O. The molecule has 45 heavy (non-hydrogen) atoms. The molecule has 244 valence electrons. The summed E-state index contributed by atoms with van der Waals surface area (Å²) in [6, 6.07) is 11.1. The maximum atomic E-state index is 13.1. The molecule has 0 atom stereocenters. The molecule has 3 aromatic rings. The predicted molar refractivity (Wildman–Crippen MR) is 159 cm³/mol. The first kappa shape index (κ1) is 34.3. The lowest BCUT2D eigenvalue weighted by Crippen LogP contribution is -2.37. The van der Waals surface area contributed by atoms with Crippen molar-refractivity contribution in [2.45, 2.75) is 23.2 Å². The van der Waals surface area contributed by atoms with Gasteiger partial charge in [0.2, 0.25) is 0 Å². The van der Waals surface area contributed by atoms with E-state index >= 15 is 0 Å². The Morgan fingerprint density at radius 1 is 1.09 bits per heavy atom. The number of esters is 1. The van der Waals surface area contributed by atoms with Crippen LogP contribution in [0.25, 0.3) is 11.1 Å². The summed E-state index contributed by atoms with van der Waals surface area (Å²) in [5, 5.41) is 17.5. The van der Waals surface area contributed by atoms with Gasteiger partial charge in [-0.3, -0.25) is 9.62 Å². The Labute approximate surface area is 265 Å². The molecule has 1 saturated heterocycles. The van der Waals surface area contributed by atoms with Gasteiger partial charge in [-0.25, -0.2) is 18.0 Å². The molecule has 5 rings (SSSR count). The number of carboxylic acids is 1. The zero-order valence-electron chi connectivity index (χ0n) is 23.4. The second-order valence-corrected chi connectivity index (χ2v) is 13.3. The van der Waals surface area contributed by atoms with Gasteiger partial charge in [0, 0.05) is 37.7 Å². The monoisotopic (exact) mass is 692 g/mol. The molecule has 0 amide bonds. The number of thiophene rings is 1. The van der Waals surface area contributed by atoms with Crippen molar-refractivity contribution in [2.75, 3.05) is 50.8 Å². The maximum Gasteiger partial charge on any atom is 0.490 e. The van der Waals surface area contributed by atoms with Crippen LogP contribution in [0.2, 0.25) is 4.34 Å². The number of hydrogen-bond acceptors (Lipinski definition) is 10. The number of carbonyl (C=O) groups excluding carboxylic acids is 1. The third kappa shape index (κ3) is 9.23.